The van der Waals surface area contributed by atoms with Crippen LogP contribution in [-0.4, -0.2) is 25.5 Å². The number of rotatable bonds is 3. The quantitative estimate of drug-likeness (QED) is 0.527. The molecule has 0 atom stereocenters. The minimum absolute atomic E-state index is 0.0643. The highest BCUT2D eigenvalue weighted by atomic mass is 16.1. The van der Waals surface area contributed by atoms with E-state index < -0.39 is 0 Å². The molecule has 1 amide bonds. The molecule has 1 rings (SSSR count). The molecule has 1 heterocycles. The normalized spacial score (nSPS) is 16.6. The minimum atomic E-state index is 0.0643. The Morgan fingerprint density at radius 3 is 2.91 bits per heavy atom. The summed E-state index contributed by atoms with van der Waals surface area (Å²) in [5, 5.41) is 5.73. The molecule has 0 aromatic rings. The fourth-order valence-corrected chi connectivity index (χ4v) is 0.977. The van der Waals surface area contributed by atoms with E-state index in [1.54, 1.807) is 0 Å². The second kappa shape index (κ2) is 3.99. The predicted molar refractivity (Wildman–Crippen MR) is 42.8 cm³/mol. The lowest BCUT2D eigenvalue weighted by Crippen LogP contribution is -2.44. The second-order valence-electron chi connectivity index (χ2n) is 2.71. The lowest BCUT2D eigenvalue weighted by Gasteiger charge is -2.26. The van der Waals surface area contributed by atoms with Crippen LogP contribution in [0.2, 0.25) is 0 Å². The fourth-order valence-electron chi connectivity index (χ4n) is 0.977. The molecule has 0 aromatic carbocycles. The van der Waals surface area contributed by atoms with Gasteiger partial charge in [-0.1, -0.05) is 5.92 Å². The maximum atomic E-state index is 11.0. The first-order chi connectivity index (χ1) is 5.33. The molecule has 0 aromatic heterocycles. The van der Waals surface area contributed by atoms with Crippen LogP contribution in [0.15, 0.2) is 0 Å². The van der Waals surface area contributed by atoms with E-state index in [1.165, 1.54) is 0 Å². The summed E-state index contributed by atoms with van der Waals surface area (Å²) in [4.78, 5) is 11.0. The lowest BCUT2D eigenvalue weighted by molar-refractivity contribution is -0.122. The van der Waals surface area contributed by atoms with Crippen LogP contribution in [0, 0.1) is 18.3 Å². The maximum Gasteiger partial charge on any atom is 0.221 e. The molecule has 11 heavy (non-hydrogen) atoms. The number of carbonyl (C=O) groups is 1. The monoisotopic (exact) mass is 152 g/mol. The third-order valence-electron chi connectivity index (χ3n) is 1.73. The number of amides is 1. The van der Waals surface area contributed by atoms with Crippen molar-refractivity contribution in [2.24, 2.45) is 5.92 Å². The average molecular weight is 152 g/mol. The van der Waals surface area contributed by atoms with Crippen LogP contribution in [-0.2, 0) is 4.79 Å². The molecule has 2 N–H and O–H groups in total. The fraction of sp³-hybridized carbons (Fsp3) is 0.625. The molecule has 3 heteroatoms. The predicted octanol–water partition coefficient (Wildman–Crippen LogP) is -0.655. The second-order valence-corrected chi connectivity index (χ2v) is 2.71. The number of hydrogen-bond donors (Lipinski definition) is 2. The molecule has 3 nitrogen and oxygen atoms in total. The third-order valence-corrected chi connectivity index (χ3v) is 1.73. The van der Waals surface area contributed by atoms with Crippen LogP contribution in [0.5, 0.6) is 0 Å². The molecule has 0 unspecified atom stereocenters. The van der Waals surface area contributed by atoms with Gasteiger partial charge in [0.25, 0.3) is 0 Å². The topological polar surface area (TPSA) is 41.1 Å². The van der Waals surface area contributed by atoms with Crippen molar-refractivity contribution >= 4 is 5.91 Å². The lowest BCUT2D eigenvalue weighted by atomic mass is 9.99. The Bertz CT molecular complexity index is 179. The highest BCUT2D eigenvalue weighted by Gasteiger charge is 2.19. The molecule has 0 bridgehead atoms. The van der Waals surface area contributed by atoms with Gasteiger partial charge in [0.2, 0.25) is 5.91 Å². The molecular weight excluding hydrogens is 140 g/mol. The van der Waals surface area contributed by atoms with Gasteiger partial charge in [-0.05, 0) is 19.0 Å². The third kappa shape index (κ3) is 2.60. The van der Waals surface area contributed by atoms with E-state index >= 15 is 0 Å². The van der Waals surface area contributed by atoms with Gasteiger partial charge in [-0.3, -0.25) is 4.79 Å². The minimum Gasteiger partial charge on any atom is -0.345 e. The van der Waals surface area contributed by atoms with Crippen molar-refractivity contribution in [3.8, 4) is 12.3 Å². The van der Waals surface area contributed by atoms with Gasteiger partial charge in [-0.2, -0.15) is 0 Å². The van der Waals surface area contributed by atoms with E-state index in [2.05, 4.69) is 16.6 Å². The zero-order valence-corrected chi connectivity index (χ0v) is 6.39. The van der Waals surface area contributed by atoms with Crippen LogP contribution in [0.4, 0.5) is 0 Å². The van der Waals surface area contributed by atoms with Gasteiger partial charge in [-0.15, -0.1) is 6.42 Å². The Morgan fingerprint density at radius 1 is 1.73 bits per heavy atom. The van der Waals surface area contributed by atoms with Gasteiger partial charge in [0.1, 0.15) is 0 Å². The van der Waals surface area contributed by atoms with E-state index in [0.717, 1.165) is 13.1 Å². The van der Waals surface area contributed by atoms with Crippen molar-refractivity contribution < 1.29 is 4.79 Å². The first-order valence-corrected chi connectivity index (χ1v) is 3.74. The van der Waals surface area contributed by atoms with Crippen LogP contribution in [0.3, 0.4) is 0 Å². The Balaban J connectivity index is 2.06. The van der Waals surface area contributed by atoms with Crippen molar-refractivity contribution in [2.75, 3.05) is 19.6 Å². The van der Waals surface area contributed by atoms with Crippen LogP contribution >= 0.6 is 0 Å². The summed E-state index contributed by atoms with van der Waals surface area (Å²) in [6, 6.07) is 0. The largest absolute Gasteiger partial charge is 0.345 e. The van der Waals surface area contributed by atoms with E-state index in [1.807, 2.05) is 0 Å². The molecule has 0 aliphatic carbocycles. The summed E-state index contributed by atoms with van der Waals surface area (Å²) in [7, 11) is 0. The van der Waals surface area contributed by atoms with Crippen LogP contribution in [0.1, 0.15) is 6.42 Å². The number of carbonyl (C=O) groups excluding carboxylic acids is 1. The van der Waals surface area contributed by atoms with E-state index in [-0.39, 0.29) is 5.91 Å². The van der Waals surface area contributed by atoms with Gasteiger partial charge in [-0.25, -0.2) is 0 Å². The highest BCUT2D eigenvalue weighted by Crippen LogP contribution is 2.06. The number of nitrogens with one attached hydrogen (secondary N) is 2. The first kappa shape index (κ1) is 8.09. The molecule has 0 saturated carbocycles. The van der Waals surface area contributed by atoms with Crippen molar-refractivity contribution in [3.05, 3.63) is 0 Å². The van der Waals surface area contributed by atoms with Gasteiger partial charge in [0, 0.05) is 6.42 Å². The summed E-state index contributed by atoms with van der Waals surface area (Å²) >= 11 is 0. The molecule has 1 fully saturated rings. The van der Waals surface area contributed by atoms with E-state index in [0.29, 0.717) is 18.9 Å². The molecular formula is C8H12N2O. The van der Waals surface area contributed by atoms with Gasteiger partial charge in [0.05, 0.1) is 6.54 Å². The zero-order chi connectivity index (χ0) is 8.10. The smallest absolute Gasteiger partial charge is 0.221 e. The standard InChI is InChI=1S/C8H12N2O/c1-2-3-10-8(11)4-7-5-9-6-7/h1,7,9H,3-6H2,(H,10,11). The summed E-state index contributed by atoms with van der Waals surface area (Å²) in [6.07, 6.45) is 5.58. The molecule has 1 saturated heterocycles. The zero-order valence-electron chi connectivity index (χ0n) is 6.39. The number of terminal acetylenes is 1. The van der Waals surface area contributed by atoms with Crippen molar-refractivity contribution in [3.63, 3.8) is 0 Å². The molecule has 0 radical (unpaired) electrons. The summed E-state index contributed by atoms with van der Waals surface area (Å²) in [5.74, 6) is 2.95. The molecule has 1 aliphatic rings. The van der Waals surface area contributed by atoms with Gasteiger partial charge < -0.3 is 10.6 Å². The molecule has 60 valence electrons. The van der Waals surface area contributed by atoms with Crippen molar-refractivity contribution in [1.82, 2.24) is 10.6 Å². The Hall–Kier alpha value is -1.01. The Labute approximate surface area is 66.5 Å². The van der Waals surface area contributed by atoms with E-state index in [9.17, 15) is 4.79 Å². The summed E-state index contributed by atoms with van der Waals surface area (Å²) in [6.45, 7) is 2.27. The maximum absolute atomic E-state index is 11.0. The number of hydrogen-bond acceptors (Lipinski definition) is 2. The summed E-state index contributed by atoms with van der Waals surface area (Å²) in [5.41, 5.74) is 0. The van der Waals surface area contributed by atoms with Gasteiger partial charge in [0.15, 0.2) is 0 Å². The van der Waals surface area contributed by atoms with Crippen molar-refractivity contribution in [1.29, 1.82) is 0 Å². The van der Waals surface area contributed by atoms with E-state index in [4.69, 9.17) is 6.42 Å². The average Bonchev–Trinajstić information content (AvgIpc) is 1.93. The highest BCUT2D eigenvalue weighted by molar-refractivity contribution is 5.76. The Kier molecular flexibility index (Phi) is 2.94. The van der Waals surface area contributed by atoms with Gasteiger partial charge >= 0.3 is 0 Å². The van der Waals surface area contributed by atoms with Crippen molar-refractivity contribution in [2.45, 2.75) is 6.42 Å². The summed E-state index contributed by atoms with van der Waals surface area (Å²) < 4.78 is 0. The SMILES string of the molecule is C#CCNC(=O)CC1CNC1. The van der Waals surface area contributed by atoms with Crippen LogP contribution < -0.4 is 10.6 Å². The molecule has 1 aliphatic heterocycles. The molecule has 0 spiro atoms. The Morgan fingerprint density at radius 2 is 2.45 bits per heavy atom. The van der Waals surface area contributed by atoms with Crippen LogP contribution in [0.25, 0.3) is 0 Å². The first-order valence-electron chi connectivity index (χ1n) is 3.74.